The van der Waals surface area contributed by atoms with Crippen LogP contribution in [0, 0.1) is 6.92 Å². The molecule has 2 aromatic carbocycles. The predicted molar refractivity (Wildman–Crippen MR) is 160 cm³/mol. The summed E-state index contributed by atoms with van der Waals surface area (Å²) in [7, 11) is 0. The molecule has 1 saturated carbocycles. The standard InChI is InChI=1S/C33H32Cl2N2O5/c1-18-13-20(25-11-12-40-32(25)33(38)39)7-8-21(18)17-41-24-14-22-9-10-23(15-24)37(22)16-26-30(36-42-31(26)19-5-6-19)29-27(34)3-2-4-28(29)35/h2-4,7-8,11-13,19,22-24H,5-6,9-10,14-17H2,1H3,(H,38,39). The Hall–Kier alpha value is -3.10. The van der Waals surface area contributed by atoms with E-state index in [0.717, 1.165) is 84.3 Å². The van der Waals surface area contributed by atoms with Crippen LogP contribution < -0.4 is 0 Å². The van der Waals surface area contributed by atoms with Crippen molar-refractivity contribution in [1.82, 2.24) is 10.1 Å². The van der Waals surface area contributed by atoms with E-state index in [9.17, 15) is 9.90 Å². The highest BCUT2D eigenvalue weighted by Gasteiger charge is 2.43. The number of ether oxygens (including phenoxy) is 1. The lowest BCUT2D eigenvalue weighted by molar-refractivity contribution is -0.0307. The number of aromatic carboxylic acids is 1. The van der Waals surface area contributed by atoms with E-state index in [0.29, 0.717) is 40.2 Å². The van der Waals surface area contributed by atoms with Crippen molar-refractivity contribution in [2.24, 2.45) is 0 Å². The quantitative estimate of drug-likeness (QED) is 0.204. The SMILES string of the molecule is Cc1cc(-c2ccoc2C(=O)O)ccc1COC1CC2CCC(C1)N2Cc1c(-c2c(Cl)cccc2Cl)noc1C1CC1. The molecule has 1 N–H and O–H groups in total. The Morgan fingerprint density at radius 2 is 1.81 bits per heavy atom. The van der Waals surface area contributed by atoms with Gasteiger partial charge < -0.3 is 18.8 Å². The van der Waals surface area contributed by atoms with E-state index in [-0.39, 0.29) is 11.9 Å². The third-order valence-corrected chi connectivity index (χ3v) is 9.77. The second kappa shape index (κ2) is 11.2. The van der Waals surface area contributed by atoms with Crippen molar-refractivity contribution in [3.05, 3.63) is 87.0 Å². The van der Waals surface area contributed by atoms with E-state index in [1.165, 1.54) is 6.26 Å². The molecule has 0 radical (unpaired) electrons. The zero-order chi connectivity index (χ0) is 29.0. The molecule has 2 aliphatic heterocycles. The third-order valence-electron chi connectivity index (χ3n) is 9.14. The van der Waals surface area contributed by atoms with Gasteiger partial charge >= 0.3 is 5.97 Å². The molecule has 4 aromatic rings. The fraction of sp³-hybridized carbons (Fsp3) is 0.394. The smallest absolute Gasteiger partial charge is 0.372 e. The number of aromatic nitrogens is 1. The number of carboxylic acids is 1. The number of benzene rings is 2. The summed E-state index contributed by atoms with van der Waals surface area (Å²) in [5, 5.41) is 15.1. The van der Waals surface area contributed by atoms with Gasteiger partial charge in [0.05, 0.1) is 29.0 Å². The van der Waals surface area contributed by atoms with Crippen molar-refractivity contribution in [3.63, 3.8) is 0 Å². The van der Waals surface area contributed by atoms with Crippen molar-refractivity contribution in [1.29, 1.82) is 0 Å². The van der Waals surface area contributed by atoms with Crippen LogP contribution in [0.1, 0.15) is 77.4 Å². The number of hydrogen-bond donors (Lipinski definition) is 1. The molecule has 0 spiro atoms. The van der Waals surface area contributed by atoms with Crippen LogP contribution in [0.3, 0.4) is 0 Å². The Morgan fingerprint density at radius 1 is 1.07 bits per heavy atom. The molecule has 7 nitrogen and oxygen atoms in total. The Bertz CT molecular complexity index is 1610. The number of furan rings is 1. The molecule has 3 fully saturated rings. The summed E-state index contributed by atoms with van der Waals surface area (Å²) in [4.78, 5) is 14.1. The van der Waals surface area contributed by atoms with E-state index in [2.05, 4.69) is 10.1 Å². The summed E-state index contributed by atoms with van der Waals surface area (Å²) < 4.78 is 17.6. The number of fused-ring (bicyclic) bond motifs is 2. The first-order chi connectivity index (χ1) is 20.4. The van der Waals surface area contributed by atoms with Gasteiger partial charge in [0.1, 0.15) is 11.5 Å². The summed E-state index contributed by atoms with van der Waals surface area (Å²) >= 11 is 13.2. The first-order valence-electron chi connectivity index (χ1n) is 14.6. The highest BCUT2D eigenvalue weighted by Crippen LogP contribution is 2.48. The van der Waals surface area contributed by atoms with E-state index in [1.54, 1.807) is 6.07 Å². The lowest BCUT2D eigenvalue weighted by Gasteiger charge is -2.39. The molecular weight excluding hydrogens is 575 g/mol. The maximum absolute atomic E-state index is 11.5. The maximum atomic E-state index is 11.5. The van der Waals surface area contributed by atoms with Crippen LogP contribution in [0.15, 0.2) is 57.7 Å². The minimum atomic E-state index is -1.07. The van der Waals surface area contributed by atoms with E-state index in [4.69, 9.17) is 36.9 Å². The molecule has 2 unspecified atom stereocenters. The van der Waals surface area contributed by atoms with Gasteiger partial charge in [-0.25, -0.2) is 4.79 Å². The minimum Gasteiger partial charge on any atom is -0.475 e. The Labute approximate surface area is 254 Å². The number of halogens is 2. The monoisotopic (exact) mass is 606 g/mol. The number of nitrogens with zero attached hydrogens (tertiary/aromatic N) is 2. The van der Waals surface area contributed by atoms with Crippen LogP contribution in [-0.2, 0) is 17.9 Å². The lowest BCUT2D eigenvalue weighted by atomic mass is 9.96. The minimum absolute atomic E-state index is 0.0434. The molecule has 2 bridgehead atoms. The lowest BCUT2D eigenvalue weighted by Crippen LogP contribution is -2.45. The van der Waals surface area contributed by atoms with E-state index in [1.807, 2.05) is 43.3 Å². The molecule has 1 aliphatic carbocycles. The molecule has 2 atom stereocenters. The molecule has 7 rings (SSSR count). The largest absolute Gasteiger partial charge is 0.475 e. The second-order valence-electron chi connectivity index (χ2n) is 11.8. The summed E-state index contributed by atoms with van der Waals surface area (Å²) in [5.74, 6) is 0.305. The topological polar surface area (TPSA) is 88.9 Å². The van der Waals surface area contributed by atoms with Gasteiger partial charge in [0.15, 0.2) is 0 Å². The average molecular weight is 608 g/mol. The van der Waals surface area contributed by atoms with Crippen molar-refractivity contribution in [3.8, 4) is 22.4 Å². The van der Waals surface area contributed by atoms with Gasteiger partial charge in [-0.2, -0.15) is 0 Å². The molecular formula is C33H32Cl2N2O5. The van der Waals surface area contributed by atoms with Crippen LogP contribution in [0.4, 0.5) is 0 Å². The first kappa shape index (κ1) is 27.7. The van der Waals surface area contributed by atoms with Crippen LogP contribution >= 0.6 is 23.2 Å². The average Bonchev–Trinajstić information content (AvgIpc) is 3.45. The van der Waals surface area contributed by atoms with E-state index >= 15 is 0 Å². The van der Waals surface area contributed by atoms with Crippen LogP contribution in [0.5, 0.6) is 0 Å². The molecule has 2 aromatic heterocycles. The van der Waals surface area contributed by atoms with Gasteiger partial charge in [-0.1, -0.05) is 52.6 Å². The normalized spacial score (nSPS) is 22.1. The number of rotatable bonds is 9. The number of carbonyl (C=O) groups is 1. The van der Waals surface area contributed by atoms with Gasteiger partial charge in [0.2, 0.25) is 5.76 Å². The van der Waals surface area contributed by atoms with Gasteiger partial charge in [-0.05, 0) is 80.3 Å². The van der Waals surface area contributed by atoms with Gasteiger partial charge in [-0.3, -0.25) is 4.90 Å². The summed E-state index contributed by atoms with van der Waals surface area (Å²) in [6.07, 6.45) is 8.13. The molecule has 0 amide bonds. The zero-order valence-corrected chi connectivity index (χ0v) is 24.8. The molecule has 218 valence electrons. The third kappa shape index (κ3) is 5.17. The summed E-state index contributed by atoms with van der Waals surface area (Å²) in [6.45, 7) is 3.34. The van der Waals surface area contributed by atoms with Crippen LogP contribution in [0.25, 0.3) is 22.4 Å². The van der Waals surface area contributed by atoms with Gasteiger partial charge in [-0.15, -0.1) is 0 Å². The van der Waals surface area contributed by atoms with Crippen LogP contribution in [0.2, 0.25) is 10.0 Å². The molecule has 2 saturated heterocycles. The molecule has 42 heavy (non-hydrogen) atoms. The van der Waals surface area contributed by atoms with Crippen LogP contribution in [-0.4, -0.2) is 39.3 Å². The highest BCUT2D eigenvalue weighted by molar-refractivity contribution is 6.39. The van der Waals surface area contributed by atoms with Gasteiger partial charge in [0, 0.05) is 41.2 Å². The summed E-state index contributed by atoms with van der Waals surface area (Å²) in [6, 6.07) is 14.1. The number of hydrogen-bond acceptors (Lipinski definition) is 6. The second-order valence-corrected chi connectivity index (χ2v) is 12.6. The van der Waals surface area contributed by atoms with E-state index < -0.39 is 5.97 Å². The van der Waals surface area contributed by atoms with Crippen molar-refractivity contribution < 1.29 is 23.6 Å². The number of piperidine rings is 1. The van der Waals surface area contributed by atoms with Crippen molar-refractivity contribution in [2.45, 2.75) is 82.7 Å². The van der Waals surface area contributed by atoms with Crippen molar-refractivity contribution >= 4 is 29.2 Å². The van der Waals surface area contributed by atoms with Gasteiger partial charge in [0.25, 0.3) is 0 Å². The number of aryl methyl sites for hydroxylation is 1. The molecule has 4 heterocycles. The van der Waals surface area contributed by atoms with Crippen molar-refractivity contribution in [2.75, 3.05) is 0 Å². The zero-order valence-electron chi connectivity index (χ0n) is 23.3. The Morgan fingerprint density at radius 3 is 2.48 bits per heavy atom. The maximum Gasteiger partial charge on any atom is 0.372 e. The number of carboxylic acid groups (broad SMARTS) is 1. The Balaban J connectivity index is 1.04. The molecule has 3 aliphatic rings. The molecule has 9 heteroatoms. The summed E-state index contributed by atoms with van der Waals surface area (Å²) in [5.41, 5.74) is 6.23. The first-order valence-corrected chi connectivity index (χ1v) is 15.3. The highest BCUT2D eigenvalue weighted by atomic mass is 35.5. The predicted octanol–water partition coefficient (Wildman–Crippen LogP) is 8.50. The fourth-order valence-corrected chi connectivity index (χ4v) is 7.37. The Kier molecular flexibility index (Phi) is 7.39. The fourth-order valence-electron chi connectivity index (χ4n) is 6.80.